The number of benzene rings is 2. The Kier molecular flexibility index (Phi) is 6.71. The van der Waals surface area contributed by atoms with E-state index in [1.165, 1.54) is 48.1 Å². The Morgan fingerprint density at radius 2 is 1.91 bits per heavy atom. The summed E-state index contributed by atoms with van der Waals surface area (Å²) in [6.45, 7) is 0.743. The lowest BCUT2D eigenvalue weighted by atomic mass is 10.1. The molecular weight excluding hydrogens is 456 g/mol. The number of fused-ring (bicyclic) bond motifs is 1. The Morgan fingerprint density at radius 1 is 1.14 bits per heavy atom. The second kappa shape index (κ2) is 10.0. The summed E-state index contributed by atoms with van der Waals surface area (Å²) in [6, 6.07) is 11.0. The maximum absolute atomic E-state index is 12.9. The van der Waals surface area contributed by atoms with Gasteiger partial charge < -0.3 is 14.8 Å². The quantitative estimate of drug-likeness (QED) is 0.284. The van der Waals surface area contributed by atoms with Crippen molar-refractivity contribution in [1.82, 2.24) is 24.6 Å². The number of hydrogen-bond acceptors (Lipinski definition) is 8. The third kappa shape index (κ3) is 4.81. The minimum atomic E-state index is -0.479. The van der Waals surface area contributed by atoms with E-state index in [1.807, 2.05) is 0 Å². The minimum absolute atomic E-state index is 0.0205. The normalized spacial score (nSPS) is 10.8. The van der Waals surface area contributed by atoms with E-state index in [1.54, 1.807) is 30.3 Å². The van der Waals surface area contributed by atoms with Crippen molar-refractivity contribution < 1.29 is 19.2 Å². The summed E-state index contributed by atoms with van der Waals surface area (Å²) >= 11 is 0. The lowest BCUT2D eigenvalue weighted by Gasteiger charge is -2.12. The standard InChI is InChI=1S/C23H22N6O6/c1-34-19-5-3-4-17(20(19)35-2)22(30)24-10-11-28-21-18(12-26-28)23(31)27(14-25-21)13-15-6-8-16(9-7-15)29(32)33/h3-9,12,14H,10-11,13H2,1-2H3,(H,24,30). The molecule has 0 aliphatic carbocycles. The zero-order valence-corrected chi connectivity index (χ0v) is 19.0. The van der Waals surface area contributed by atoms with Crippen molar-refractivity contribution in [3.05, 3.63) is 86.6 Å². The molecule has 0 saturated carbocycles. The fourth-order valence-corrected chi connectivity index (χ4v) is 3.63. The van der Waals surface area contributed by atoms with Crippen LogP contribution in [0.25, 0.3) is 11.0 Å². The van der Waals surface area contributed by atoms with Crippen LogP contribution in [0.3, 0.4) is 0 Å². The number of methoxy groups -OCH3 is 2. The van der Waals surface area contributed by atoms with Crippen LogP contribution in [0.2, 0.25) is 0 Å². The number of nitro benzene ring substituents is 1. The number of ether oxygens (including phenoxy) is 2. The first kappa shape index (κ1) is 23.4. The van der Waals surface area contributed by atoms with Gasteiger partial charge in [0.15, 0.2) is 17.1 Å². The number of carbonyl (C=O) groups is 1. The molecule has 0 aliphatic rings. The van der Waals surface area contributed by atoms with Gasteiger partial charge in [-0.1, -0.05) is 18.2 Å². The van der Waals surface area contributed by atoms with E-state index in [0.29, 0.717) is 34.6 Å². The Bertz CT molecular complexity index is 1440. The van der Waals surface area contributed by atoms with Crippen molar-refractivity contribution in [3.8, 4) is 11.5 Å². The number of nitrogens with zero attached hydrogens (tertiary/aromatic N) is 5. The number of amides is 1. The van der Waals surface area contributed by atoms with Gasteiger partial charge in [-0.3, -0.25) is 24.3 Å². The number of nitro groups is 1. The van der Waals surface area contributed by atoms with E-state index < -0.39 is 4.92 Å². The molecule has 180 valence electrons. The average molecular weight is 478 g/mol. The molecule has 12 heteroatoms. The van der Waals surface area contributed by atoms with Gasteiger partial charge in [-0.2, -0.15) is 5.10 Å². The summed E-state index contributed by atoms with van der Waals surface area (Å²) in [5.74, 6) is 0.454. The van der Waals surface area contributed by atoms with Gasteiger partial charge in [0.05, 0.1) is 44.0 Å². The highest BCUT2D eigenvalue weighted by molar-refractivity contribution is 5.97. The molecule has 0 spiro atoms. The van der Waals surface area contributed by atoms with Crippen LogP contribution in [-0.4, -0.2) is 50.9 Å². The highest BCUT2D eigenvalue weighted by atomic mass is 16.6. The molecule has 4 rings (SSSR count). The van der Waals surface area contributed by atoms with Gasteiger partial charge in [-0.05, 0) is 17.7 Å². The highest BCUT2D eigenvalue weighted by Crippen LogP contribution is 2.30. The van der Waals surface area contributed by atoms with Crippen molar-refractivity contribution in [2.45, 2.75) is 13.1 Å². The van der Waals surface area contributed by atoms with Crippen LogP contribution in [-0.2, 0) is 13.1 Å². The Labute approximate surface area is 198 Å². The van der Waals surface area contributed by atoms with Gasteiger partial charge in [0.1, 0.15) is 11.7 Å². The summed E-state index contributed by atoms with van der Waals surface area (Å²) in [5, 5.41) is 18.2. The van der Waals surface area contributed by atoms with Crippen molar-refractivity contribution in [1.29, 1.82) is 0 Å². The van der Waals surface area contributed by atoms with Gasteiger partial charge in [-0.25, -0.2) is 9.67 Å². The van der Waals surface area contributed by atoms with E-state index >= 15 is 0 Å². The predicted octanol–water partition coefficient (Wildman–Crippen LogP) is 2.00. The molecule has 2 heterocycles. The van der Waals surface area contributed by atoms with Crippen LogP contribution in [0.5, 0.6) is 11.5 Å². The van der Waals surface area contributed by atoms with Gasteiger partial charge in [-0.15, -0.1) is 0 Å². The molecule has 4 aromatic rings. The number of carbonyl (C=O) groups excluding carboxylic acids is 1. The van der Waals surface area contributed by atoms with Crippen LogP contribution in [0.4, 0.5) is 5.69 Å². The van der Waals surface area contributed by atoms with Gasteiger partial charge >= 0.3 is 0 Å². The Morgan fingerprint density at radius 3 is 2.60 bits per heavy atom. The topological polar surface area (TPSA) is 143 Å². The molecule has 12 nitrogen and oxygen atoms in total. The monoisotopic (exact) mass is 478 g/mol. The third-order valence-corrected chi connectivity index (χ3v) is 5.38. The minimum Gasteiger partial charge on any atom is -0.493 e. The molecule has 1 N–H and O–H groups in total. The lowest BCUT2D eigenvalue weighted by Crippen LogP contribution is -2.28. The Hall–Kier alpha value is -4.74. The molecule has 0 aliphatic heterocycles. The maximum Gasteiger partial charge on any atom is 0.269 e. The summed E-state index contributed by atoms with van der Waals surface area (Å²) < 4.78 is 13.5. The van der Waals surface area contributed by atoms with E-state index in [2.05, 4.69) is 15.4 Å². The first-order chi connectivity index (χ1) is 16.9. The molecule has 2 aromatic carbocycles. The number of nitrogens with one attached hydrogen (secondary N) is 1. The number of para-hydroxylation sites is 1. The molecule has 0 radical (unpaired) electrons. The summed E-state index contributed by atoms with van der Waals surface area (Å²) in [5.41, 5.74) is 1.15. The summed E-state index contributed by atoms with van der Waals surface area (Å²) in [6.07, 6.45) is 2.84. The van der Waals surface area contributed by atoms with E-state index in [0.717, 1.165) is 5.56 Å². The van der Waals surface area contributed by atoms with Crippen molar-refractivity contribution >= 4 is 22.6 Å². The van der Waals surface area contributed by atoms with Crippen LogP contribution >= 0.6 is 0 Å². The van der Waals surface area contributed by atoms with E-state index in [9.17, 15) is 19.7 Å². The molecule has 1 amide bonds. The fraction of sp³-hybridized carbons (Fsp3) is 0.217. The maximum atomic E-state index is 12.9. The molecule has 0 atom stereocenters. The number of rotatable bonds is 9. The van der Waals surface area contributed by atoms with Crippen LogP contribution in [0.1, 0.15) is 15.9 Å². The average Bonchev–Trinajstić information content (AvgIpc) is 3.29. The first-order valence-corrected chi connectivity index (χ1v) is 10.6. The molecule has 0 fully saturated rings. The molecular formula is C23H22N6O6. The van der Waals surface area contributed by atoms with Crippen molar-refractivity contribution in [3.63, 3.8) is 0 Å². The molecule has 0 saturated heterocycles. The van der Waals surface area contributed by atoms with E-state index in [4.69, 9.17) is 9.47 Å². The van der Waals surface area contributed by atoms with E-state index in [-0.39, 0.29) is 30.2 Å². The number of hydrogen-bond donors (Lipinski definition) is 1. The van der Waals surface area contributed by atoms with Crippen molar-refractivity contribution in [2.24, 2.45) is 0 Å². The fourth-order valence-electron chi connectivity index (χ4n) is 3.63. The Balaban J connectivity index is 1.45. The first-order valence-electron chi connectivity index (χ1n) is 10.6. The van der Waals surface area contributed by atoms with Gasteiger partial charge in [0.2, 0.25) is 0 Å². The molecule has 0 bridgehead atoms. The number of aromatic nitrogens is 4. The number of non-ortho nitro benzene ring substituents is 1. The smallest absolute Gasteiger partial charge is 0.269 e. The largest absolute Gasteiger partial charge is 0.493 e. The summed E-state index contributed by atoms with van der Waals surface area (Å²) in [7, 11) is 2.96. The van der Waals surface area contributed by atoms with Crippen molar-refractivity contribution in [2.75, 3.05) is 20.8 Å². The SMILES string of the molecule is COc1cccc(C(=O)NCCn2ncc3c(=O)n(Cc4ccc([N+](=O)[O-])cc4)cnc32)c1OC. The lowest BCUT2D eigenvalue weighted by molar-refractivity contribution is -0.384. The zero-order valence-electron chi connectivity index (χ0n) is 19.0. The zero-order chi connectivity index (χ0) is 24.9. The van der Waals surface area contributed by atoms with Crippen LogP contribution < -0.4 is 20.3 Å². The van der Waals surface area contributed by atoms with Crippen LogP contribution in [0, 0.1) is 10.1 Å². The summed E-state index contributed by atoms with van der Waals surface area (Å²) in [4.78, 5) is 40.2. The molecule has 35 heavy (non-hydrogen) atoms. The molecule has 2 aromatic heterocycles. The third-order valence-electron chi connectivity index (χ3n) is 5.38. The van der Waals surface area contributed by atoms with Crippen LogP contribution in [0.15, 0.2) is 59.8 Å². The molecule has 0 unspecified atom stereocenters. The second-order valence-corrected chi connectivity index (χ2v) is 7.50. The predicted molar refractivity (Wildman–Crippen MR) is 126 cm³/mol. The highest BCUT2D eigenvalue weighted by Gasteiger charge is 2.16. The van der Waals surface area contributed by atoms with Gasteiger partial charge in [0, 0.05) is 18.7 Å². The second-order valence-electron chi connectivity index (χ2n) is 7.50. The van der Waals surface area contributed by atoms with Gasteiger partial charge in [0.25, 0.3) is 17.2 Å².